The summed E-state index contributed by atoms with van der Waals surface area (Å²) in [6.07, 6.45) is 0. The van der Waals surface area contributed by atoms with E-state index in [-0.39, 0.29) is 23.2 Å². The molecule has 0 radical (unpaired) electrons. The van der Waals surface area contributed by atoms with Crippen molar-refractivity contribution in [3.8, 4) is 0 Å². The topological polar surface area (TPSA) is 64.0 Å². The second-order valence-corrected chi connectivity index (χ2v) is 7.63. The van der Waals surface area contributed by atoms with Crippen molar-refractivity contribution in [3.63, 3.8) is 0 Å². The number of fused-ring (bicyclic) bond motifs is 1. The maximum Gasteiger partial charge on any atom is 0.274 e. The van der Waals surface area contributed by atoms with Gasteiger partial charge in [0.2, 0.25) is 0 Å². The lowest BCUT2D eigenvalue weighted by Crippen LogP contribution is -2.32. The Bertz CT molecular complexity index is 1190. The van der Waals surface area contributed by atoms with Crippen molar-refractivity contribution in [1.82, 2.24) is 15.1 Å². The number of carbonyl (C=O) groups excluding carboxylic acids is 1. The summed E-state index contributed by atoms with van der Waals surface area (Å²) in [6, 6.07) is 18.8. The molecular formula is C22H19N3O2S. The van der Waals surface area contributed by atoms with E-state index in [0.717, 1.165) is 16.0 Å². The number of benzene rings is 2. The molecule has 1 amide bonds. The average molecular weight is 389 g/mol. The second-order valence-electron chi connectivity index (χ2n) is 6.66. The van der Waals surface area contributed by atoms with Crippen LogP contribution < -0.4 is 10.9 Å². The van der Waals surface area contributed by atoms with E-state index in [4.69, 9.17) is 0 Å². The van der Waals surface area contributed by atoms with Crippen molar-refractivity contribution < 1.29 is 4.79 Å². The van der Waals surface area contributed by atoms with Gasteiger partial charge in [-0.15, -0.1) is 11.3 Å². The molecule has 0 saturated carbocycles. The van der Waals surface area contributed by atoms with Crippen LogP contribution in [0.4, 0.5) is 0 Å². The summed E-state index contributed by atoms with van der Waals surface area (Å²) in [5.74, 6) is -0.314. The largest absolute Gasteiger partial charge is 0.339 e. The molecule has 0 unspecified atom stereocenters. The standard InChI is InChI=1S/C22H19N3O2S/c1-14-9-11-15(12-10-14)19(18-8-5-13-28-18)23-21(26)20-16-6-3-4-7-17(16)22(27)25(2)24-20/h3-13,19H,1-2H3,(H,23,26)/t19-/m1/s1. The maximum atomic E-state index is 13.2. The minimum absolute atomic E-state index is 0.222. The van der Waals surface area contributed by atoms with Crippen LogP contribution in [0.5, 0.6) is 0 Å². The molecule has 0 spiro atoms. The minimum Gasteiger partial charge on any atom is -0.339 e. The monoisotopic (exact) mass is 389 g/mol. The number of amides is 1. The molecule has 0 aliphatic heterocycles. The van der Waals surface area contributed by atoms with Crippen molar-refractivity contribution in [2.75, 3.05) is 0 Å². The fraction of sp³-hybridized carbons (Fsp3) is 0.136. The quantitative estimate of drug-likeness (QED) is 0.577. The first-order chi connectivity index (χ1) is 13.5. The van der Waals surface area contributed by atoms with Crippen LogP contribution >= 0.6 is 11.3 Å². The number of carbonyl (C=O) groups is 1. The molecule has 0 fully saturated rings. The Morgan fingerprint density at radius 3 is 2.43 bits per heavy atom. The fourth-order valence-electron chi connectivity index (χ4n) is 3.20. The summed E-state index contributed by atoms with van der Waals surface area (Å²) in [4.78, 5) is 26.6. The zero-order valence-electron chi connectivity index (χ0n) is 15.5. The molecule has 28 heavy (non-hydrogen) atoms. The normalized spacial score (nSPS) is 12.1. The molecule has 1 atom stereocenters. The van der Waals surface area contributed by atoms with Crippen LogP contribution in [0.1, 0.15) is 32.5 Å². The van der Waals surface area contributed by atoms with Gasteiger partial charge in [0.05, 0.1) is 11.4 Å². The number of hydrogen-bond donors (Lipinski definition) is 1. The summed E-state index contributed by atoms with van der Waals surface area (Å²) in [5.41, 5.74) is 2.17. The van der Waals surface area contributed by atoms with E-state index in [9.17, 15) is 9.59 Å². The summed E-state index contributed by atoms with van der Waals surface area (Å²) in [7, 11) is 1.56. The van der Waals surface area contributed by atoms with E-state index >= 15 is 0 Å². The Kier molecular flexibility index (Phi) is 4.79. The molecule has 0 aliphatic carbocycles. The molecule has 6 heteroatoms. The van der Waals surface area contributed by atoms with Crippen molar-refractivity contribution in [3.05, 3.63) is 98.1 Å². The van der Waals surface area contributed by atoms with Crippen LogP contribution in [-0.2, 0) is 7.05 Å². The Hall–Kier alpha value is -3.25. The molecular weight excluding hydrogens is 370 g/mol. The van der Waals surface area contributed by atoms with Crippen molar-refractivity contribution in [1.29, 1.82) is 0 Å². The van der Waals surface area contributed by atoms with Gasteiger partial charge in [-0.2, -0.15) is 5.10 Å². The molecule has 4 aromatic rings. The molecule has 0 saturated heterocycles. The van der Waals surface area contributed by atoms with Gasteiger partial charge in [-0.25, -0.2) is 4.68 Å². The highest BCUT2D eigenvalue weighted by atomic mass is 32.1. The van der Waals surface area contributed by atoms with Gasteiger partial charge < -0.3 is 5.32 Å². The molecule has 140 valence electrons. The summed E-state index contributed by atoms with van der Waals surface area (Å²) in [6.45, 7) is 2.03. The Labute approximate surface area is 166 Å². The van der Waals surface area contributed by atoms with E-state index in [1.165, 1.54) is 4.68 Å². The zero-order chi connectivity index (χ0) is 19.7. The van der Waals surface area contributed by atoms with Crippen LogP contribution in [0.15, 0.2) is 70.8 Å². The fourth-order valence-corrected chi connectivity index (χ4v) is 4.00. The third-order valence-electron chi connectivity index (χ3n) is 4.69. The summed E-state index contributed by atoms with van der Waals surface area (Å²) in [5, 5.41) is 10.4. The first kappa shape index (κ1) is 18.1. The van der Waals surface area contributed by atoms with Crippen LogP contribution in [-0.4, -0.2) is 15.7 Å². The Balaban J connectivity index is 1.77. The highest BCUT2D eigenvalue weighted by Crippen LogP contribution is 2.27. The van der Waals surface area contributed by atoms with E-state index in [1.807, 2.05) is 48.7 Å². The lowest BCUT2D eigenvalue weighted by Gasteiger charge is -2.19. The molecule has 0 aliphatic rings. The molecule has 0 bridgehead atoms. The van der Waals surface area contributed by atoms with Crippen LogP contribution in [0.25, 0.3) is 10.8 Å². The van der Waals surface area contributed by atoms with Crippen molar-refractivity contribution >= 4 is 28.0 Å². The van der Waals surface area contributed by atoms with E-state index in [1.54, 1.807) is 42.6 Å². The number of nitrogens with zero attached hydrogens (tertiary/aromatic N) is 2. The number of thiophene rings is 1. The van der Waals surface area contributed by atoms with Gasteiger partial charge >= 0.3 is 0 Å². The molecule has 4 rings (SSSR count). The second kappa shape index (κ2) is 7.40. The SMILES string of the molecule is Cc1ccc([C@@H](NC(=O)c2nn(C)c(=O)c3ccccc23)c2cccs2)cc1. The minimum atomic E-state index is -0.314. The lowest BCUT2D eigenvalue weighted by atomic mass is 10.0. The average Bonchev–Trinajstić information content (AvgIpc) is 3.24. The Morgan fingerprint density at radius 2 is 1.75 bits per heavy atom. The summed E-state index contributed by atoms with van der Waals surface area (Å²) < 4.78 is 1.21. The first-order valence-corrected chi connectivity index (χ1v) is 9.79. The number of aryl methyl sites for hydroxylation is 2. The predicted octanol–water partition coefficient (Wildman–Crippen LogP) is 3.82. The van der Waals surface area contributed by atoms with Crippen LogP contribution in [0.2, 0.25) is 0 Å². The van der Waals surface area contributed by atoms with E-state index < -0.39 is 0 Å². The lowest BCUT2D eigenvalue weighted by molar-refractivity contribution is 0.0938. The first-order valence-electron chi connectivity index (χ1n) is 8.91. The van der Waals surface area contributed by atoms with Gasteiger partial charge in [-0.3, -0.25) is 9.59 Å². The van der Waals surface area contributed by atoms with Crippen molar-refractivity contribution in [2.45, 2.75) is 13.0 Å². The molecule has 2 aromatic heterocycles. The van der Waals surface area contributed by atoms with Gasteiger partial charge in [0, 0.05) is 17.3 Å². The molecule has 2 heterocycles. The van der Waals surface area contributed by atoms with Crippen LogP contribution in [0, 0.1) is 6.92 Å². The number of hydrogen-bond acceptors (Lipinski definition) is 4. The van der Waals surface area contributed by atoms with Gasteiger partial charge in [-0.05, 0) is 30.0 Å². The van der Waals surface area contributed by atoms with Gasteiger partial charge in [-0.1, -0.05) is 54.1 Å². The van der Waals surface area contributed by atoms with Gasteiger partial charge in [0.25, 0.3) is 11.5 Å². The van der Waals surface area contributed by atoms with Gasteiger partial charge in [0.15, 0.2) is 5.69 Å². The predicted molar refractivity (Wildman–Crippen MR) is 112 cm³/mol. The third kappa shape index (κ3) is 3.34. The van der Waals surface area contributed by atoms with E-state index in [0.29, 0.717) is 10.8 Å². The molecule has 5 nitrogen and oxygen atoms in total. The Morgan fingerprint density at radius 1 is 1.04 bits per heavy atom. The highest BCUT2D eigenvalue weighted by Gasteiger charge is 2.22. The zero-order valence-corrected chi connectivity index (χ0v) is 16.4. The van der Waals surface area contributed by atoms with Gasteiger partial charge in [0.1, 0.15) is 0 Å². The number of nitrogens with one attached hydrogen (secondary N) is 1. The maximum absolute atomic E-state index is 13.2. The number of rotatable bonds is 4. The third-order valence-corrected chi connectivity index (χ3v) is 5.62. The van der Waals surface area contributed by atoms with Crippen LogP contribution in [0.3, 0.4) is 0 Å². The highest BCUT2D eigenvalue weighted by molar-refractivity contribution is 7.10. The molecule has 1 N–H and O–H groups in total. The summed E-state index contributed by atoms with van der Waals surface area (Å²) >= 11 is 1.59. The smallest absolute Gasteiger partial charge is 0.274 e. The van der Waals surface area contributed by atoms with Crippen molar-refractivity contribution in [2.24, 2.45) is 7.05 Å². The van der Waals surface area contributed by atoms with E-state index in [2.05, 4.69) is 10.4 Å². The molecule has 2 aromatic carbocycles. The number of aromatic nitrogens is 2.